The molecule has 0 radical (unpaired) electrons. The van der Waals surface area contributed by atoms with Gasteiger partial charge in [-0.05, 0) is 26.0 Å². The Labute approximate surface area is 121 Å². The lowest BCUT2D eigenvalue weighted by Crippen LogP contribution is -2.39. The molecule has 0 saturated heterocycles. The number of hydrogen-bond donors (Lipinski definition) is 3. The zero-order valence-electron chi connectivity index (χ0n) is 12.3. The van der Waals surface area contributed by atoms with E-state index in [0.717, 1.165) is 13.0 Å². The molecule has 2 amide bonds. The van der Waals surface area contributed by atoms with Crippen LogP contribution in [0.15, 0.2) is 30.3 Å². The monoisotopic (exact) mass is 279 g/mol. The van der Waals surface area contributed by atoms with E-state index < -0.39 is 0 Å². The second kappa shape index (κ2) is 9.34. The van der Waals surface area contributed by atoms with E-state index in [4.69, 9.17) is 5.11 Å². The Morgan fingerprint density at radius 2 is 1.90 bits per heavy atom. The van der Waals surface area contributed by atoms with Crippen molar-refractivity contribution in [3.05, 3.63) is 35.9 Å². The second-order valence-electron chi connectivity index (χ2n) is 4.94. The smallest absolute Gasteiger partial charge is 0.314 e. The molecular weight excluding hydrogens is 254 g/mol. The summed E-state index contributed by atoms with van der Waals surface area (Å²) in [6, 6.07) is 10.5. The molecule has 0 heterocycles. The summed E-state index contributed by atoms with van der Waals surface area (Å²) in [7, 11) is 2.09. The van der Waals surface area contributed by atoms with Gasteiger partial charge in [0.25, 0.3) is 0 Å². The molecule has 1 rings (SSSR count). The molecular formula is C15H25N3O2. The van der Waals surface area contributed by atoms with E-state index in [1.165, 1.54) is 5.56 Å². The number of benzene rings is 1. The van der Waals surface area contributed by atoms with Gasteiger partial charge in [0.1, 0.15) is 0 Å². The van der Waals surface area contributed by atoms with Gasteiger partial charge in [-0.15, -0.1) is 0 Å². The van der Waals surface area contributed by atoms with Gasteiger partial charge in [-0.3, -0.25) is 4.90 Å². The quantitative estimate of drug-likeness (QED) is 0.670. The standard InChI is InChI=1S/C15H25N3O2/c1-13(8-9-16-15(20)17-10-11-19)18(2)12-14-6-4-3-5-7-14/h3-7,13,19H,8-12H2,1-2H3,(H2,16,17,20). The Balaban J connectivity index is 2.21. The first-order valence-corrected chi connectivity index (χ1v) is 7.00. The molecule has 0 saturated carbocycles. The fourth-order valence-corrected chi connectivity index (χ4v) is 1.87. The third kappa shape index (κ3) is 6.54. The first-order valence-electron chi connectivity index (χ1n) is 7.00. The molecule has 0 fully saturated rings. The second-order valence-corrected chi connectivity index (χ2v) is 4.94. The zero-order valence-corrected chi connectivity index (χ0v) is 12.3. The summed E-state index contributed by atoms with van der Waals surface area (Å²) >= 11 is 0. The van der Waals surface area contributed by atoms with E-state index in [1.807, 2.05) is 18.2 Å². The highest BCUT2D eigenvalue weighted by atomic mass is 16.3. The van der Waals surface area contributed by atoms with Gasteiger partial charge in [-0.1, -0.05) is 30.3 Å². The number of amides is 2. The average Bonchev–Trinajstić information content (AvgIpc) is 2.46. The van der Waals surface area contributed by atoms with Crippen LogP contribution in [0.5, 0.6) is 0 Å². The number of nitrogens with zero attached hydrogens (tertiary/aromatic N) is 1. The van der Waals surface area contributed by atoms with Crippen LogP contribution in [0.3, 0.4) is 0 Å². The Morgan fingerprint density at radius 1 is 1.25 bits per heavy atom. The maximum Gasteiger partial charge on any atom is 0.314 e. The number of urea groups is 1. The van der Waals surface area contributed by atoms with Crippen LogP contribution in [0.4, 0.5) is 4.79 Å². The van der Waals surface area contributed by atoms with Gasteiger partial charge in [0.05, 0.1) is 6.61 Å². The van der Waals surface area contributed by atoms with E-state index in [0.29, 0.717) is 12.6 Å². The SMILES string of the molecule is CC(CCNC(=O)NCCO)N(C)Cc1ccccc1. The molecule has 0 bridgehead atoms. The first kappa shape index (κ1) is 16.5. The topological polar surface area (TPSA) is 64.6 Å². The molecule has 112 valence electrons. The Hall–Kier alpha value is -1.59. The maximum absolute atomic E-state index is 11.3. The minimum atomic E-state index is -0.225. The van der Waals surface area contributed by atoms with Gasteiger partial charge in [-0.2, -0.15) is 0 Å². The number of aliphatic hydroxyl groups is 1. The molecule has 0 aliphatic rings. The normalized spacial score (nSPS) is 12.2. The number of hydrogen-bond acceptors (Lipinski definition) is 3. The largest absolute Gasteiger partial charge is 0.395 e. The third-order valence-electron chi connectivity index (χ3n) is 3.27. The summed E-state index contributed by atoms with van der Waals surface area (Å²) in [4.78, 5) is 13.6. The van der Waals surface area contributed by atoms with E-state index in [2.05, 4.69) is 41.6 Å². The third-order valence-corrected chi connectivity index (χ3v) is 3.27. The number of carbonyl (C=O) groups is 1. The Bertz CT molecular complexity index is 384. The van der Waals surface area contributed by atoms with Crippen LogP contribution in [-0.4, -0.2) is 48.8 Å². The lowest BCUT2D eigenvalue weighted by atomic mass is 10.1. The molecule has 0 aliphatic carbocycles. The van der Waals surface area contributed by atoms with Gasteiger partial charge in [0.15, 0.2) is 0 Å². The van der Waals surface area contributed by atoms with E-state index >= 15 is 0 Å². The lowest BCUT2D eigenvalue weighted by Gasteiger charge is -2.24. The number of nitrogens with one attached hydrogen (secondary N) is 2. The van der Waals surface area contributed by atoms with Crippen molar-refractivity contribution in [2.24, 2.45) is 0 Å². The molecule has 1 atom stereocenters. The predicted octanol–water partition coefficient (Wildman–Crippen LogP) is 1.19. The molecule has 0 spiro atoms. The van der Waals surface area contributed by atoms with Gasteiger partial charge in [0.2, 0.25) is 0 Å². The zero-order chi connectivity index (χ0) is 14.8. The van der Waals surface area contributed by atoms with Crippen molar-refractivity contribution < 1.29 is 9.90 Å². The highest BCUT2D eigenvalue weighted by molar-refractivity contribution is 5.73. The van der Waals surface area contributed by atoms with Crippen LogP contribution in [-0.2, 0) is 6.54 Å². The molecule has 5 nitrogen and oxygen atoms in total. The maximum atomic E-state index is 11.3. The predicted molar refractivity (Wildman–Crippen MR) is 80.5 cm³/mol. The minimum absolute atomic E-state index is 0.0381. The molecule has 3 N–H and O–H groups in total. The van der Waals surface area contributed by atoms with E-state index in [1.54, 1.807) is 0 Å². The summed E-state index contributed by atoms with van der Waals surface area (Å²) in [6.07, 6.45) is 0.885. The highest BCUT2D eigenvalue weighted by Gasteiger charge is 2.09. The summed E-state index contributed by atoms with van der Waals surface area (Å²) in [5.41, 5.74) is 1.29. The van der Waals surface area contributed by atoms with Gasteiger partial charge in [-0.25, -0.2) is 4.79 Å². The average molecular weight is 279 g/mol. The molecule has 1 unspecified atom stereocenters. The summed E-state index contributed by atoms with van der Waals surface area (Å²) in [5.74, 6) is 0. The van der Waals surface area contributed by atoms with Crippen molar-refractivity contribution in [3.63, 3.8) is 0 Å². The van der Waals surface area contributed by atoms with Gasteiger partial charge >= 0.3 is 6.03 Å². The fraction of sp³-hybridized carbons (Fsp3) is 0.533. The minimum Gasteiger partial charge on any atom is -0.395 e. The van der Waals surface area contributed by atoms with E-state index in [-0.39, 0.29) is 19.2 Å². The number of aliphatic hydroxyl groups excluding tert-OH is 1. The fourth-order valence-electron chi connectivity index (χ4n) is 1.87. The van der Waals surface area contributed by atoms with Crippen LogP contribution < -0.4 is 10.6 Å². The van der Waals surface area contributed by atoms with Crippen molar-refractivity contribution in [1.29, 1.82) is 0 Å². The highest BCUT2D eigenvalue weighted by Crippen LogP contribution is 2.07. The van der Waals surface area contributed by atoms with Crippen molar-refractivity contribution in [1.82, 2.24) is 15.5 Å². The summed E-state index contributed by atoms with van der Waals surface area (Å²) in [5, 5.41) is 13.9. The van der Waals surface area contributed by atoms with Crippen molar-refractivity contribution in [2.75, 3.05) is 26.7 Å². The molecule has 1 aromatic carbocycles. The van der Waals surface area contributed by atoms with Crippen LogP contribution in [0.1, 0.15) is 18.9 Å². The molecule has 1 aromatic rings. The van der Waals surface area contributed by atoms with Gasteiger partial charge in [0, 0.05) is 25.7 Å². The molecule has 0 aromatic heterocycles. The van der Waals surface area contributed by atoms with Crippen molar-refractivity contribution in [3.8, 4) is 0 Å². The summed E-state index contributed by atoms with van der Waals surface area (Å²) < 4.78 is 0. The van der Waals surface area contributed by atoms with Crippen LogP contribution in [0.25, 0.3) is 0 Å². The Morgan fingerprint density at radius 3 is 2.55 bits per heavy atom. The number of rotatable bonds is 8. The van der Waals surface area contributed by atoms with Crippen molar-refractivity contribution in [2.45, 2.75) is 25.9 Å². The van der Waals surface area contributed by atoms with E-state index in [9.17, 15) is 4.79 Å². The van der Waals surface area contributed by atoms with Crippen LogP contribution >= 0.6 is 0 Å². The van der Waals surface area contributed by atoms with Crippen molar-refractivity contribution >= 4 is 6.03 Å². The lowest BCUT2D eigenvalue weighted by molar-refractivity contribution is 0.224. The molecule has 5 heteroatoms. The molecule has 20 heavy (non-hydrogen) atoms. The first-order chi connectivity index (χ1) is 9.63. The van der Waals surface area contributed by atoms with Crippen LogP contribution in [0, 0.1) is 0 Å². The number of carbonyl (C=O) groups excluding carboxylic acids is 1. The van der Waals surface area contributed by atoms with Crippen LogP contribution in [0.2, 0.25) is 0 Å². The van der Waals surface area contributed by atoms with Gasteiger partial charge < -0.3 is 15.7 Å². The molecule has 0 aliphatic heterocycles. The summed E-state index contributed by atoms with van der Waals surface area (Å²) in [6.45, 7) is 3.92. The Kier molecular flexibility index (Phi) is 7.69.